The molecule has 0 fully saturated rings. The van der Waals surface area contributed by atoms with E-state index in [0.29, 0.717) is 44.1 Å². The van der Waals surface area contributed by atoms with Crippen LogP contribution in [0.4, 0.5) is 11.4 Å². The van der Waals surface area contributed by atoms with Crippen molar-refractivity contribution in [3.63, 3.8) is 0 Å². The van der Waals surface area contributed by atoms with Crippen LogP contribution in [-0.2, 0) is 4.79 Å². The number of carbonyl (C=O) groups excluding carboxylic acids is 2. The quantitative estimate of drug-likeness (QED) is 0.182. The van der Waals surface area contributed by atoms with E-state index >= 15 is 0 Å². The minimum atomic E-state index is -0.441. The van der Waals surface area contributed by atoms with Gasteiger partial charge >= 0.3 is 0 Å². The summed E-state index contributed by atoms with van der Waals surface area (Å²) in [5.74, 6) is 0.344. The molecule has 0 radical (unpaired) electrons. The fourth-order valence-electron chi connectivity index (χ4n) is 3.22. The van der Waals surface area contributed by atoms with Crippen molar-refractivity contribution in [3.05, 3.63) is 112 Å². The summed E-state index contributed by atoms with van der Waals surface area (Å²) in [5, 5.41) is 9.41. The molecule has 0 aliphatic heterocycles. The number of halogens is 2. The average molecular weight is 536 g/mol. The van der Waals surface area contributed by atoms with Gasteiger partial charge in [-0.15, -0.1) is 0 Å². The van der Waals surface area contributed by atoms with E-state index in [1.807, 2.05) is 6.07 Å². The first-order valence-corrected chi connectivity index (χ1v) is 11.9. The van der Waals surface area contributed by atoms with Crippen molar-refractivity contribution in [2.75, 3.05) is 10.6 Å². The third kappa shape index (κ3) is 6.82. The average Bonchev–Trinajstić information content (AvgIpc) is 3.32. The van der Waals surface area contributed by atoms with E-state index in [1.54, 1.807) is 78.9 Å². The van der Waals surface area contributed by atoms with E-state index in [4.69, 9.17) is 39.8 Å². The fourth-order valence-corrected chi connectivity index (χ4v) is 3.94. The van der Waals surface area contributed by atoms with Crippen LogP contribution in [0.2, 0.25) is 10.0 Å². The maximum absolute atomic E-state index is 12.4. The molecule has 3 N–H and O–H groups in total. The van der Waals surface area contributed by atoms with Gasteiger partial charge in [-0.1, -0.05) is 47.5 Å². The van der Waals surface area contributed by atoms with Crippen LogP contribution in [0.15, 0.2) is 95.4 Å². The molecule has 0 saturated carbocycles. The standard InChI is InChI=1S/C27H19Cl2N3O3S/c28-18-9-12-22(23(29)15-18)24-13-10-21(35-24)11-14-25(33)32-27(36)31-20-8-4-7-19(16-20)30-26(34)17-5-2-1-3-6-17/h1-16H,(H,30,34)(H2,31,32,33,36)/b14-11+. The molecule has 4 rings (SSSR count). The molecule has 0 bridgehead atoms. The predicted molar refractivity (Wildman–Crippen MR) is 148 cm³/mol. The summed E-state index contributed by atoms with van der Waals surface area (Å²) < 4.78 is 5.74. The van der Waals surface area contributed by atoms with Crippen LogP contribution < -0.4 is 16.0 Å². The molecule has 0 atom stereocenters. The van der Waals surface area contributed by atoms with Crippen LogP contribution in [-0.4, -0.2) is 16.9 Å². The maximum atomic E-state index is 12.4. The summed E-state index contributed by atoms with van der Waals surface area (Å²) >= 11 is 17.4. The number of rotatable bonds is 6. The van der Waals surface area contributed by atoms with Gasteiger partial charge in [-0.25, -0.2) is 0 Å². The Morgan fingerprint density at radius 1 is 0.833 bits per heavy atom. The van der Waals surface area contributed by atoms with Gasteiger partial charge in [-0.3, -0.25) is 14.9 Å². The molecule has 1 aromatic heterocycles. The van der Waals surface area contributed by atoms with Crippen molar-refractivity contribution in [1.82, 2.24) is 5.32 Å². The summed E-state index contributed by atoms with van der Waals surface area (Å²) in [6.45, 7) is 0. The summed E-state index contributed by atoms with van der Waals surface area (Å²) in [4.78, 5) is 24.6. The molecule has 0 aliphatic carbocycles. The van der Waals surface area contributed by atoms with Crippen LogP contribution >= 0.6 is 35.4 Å². The van der Waals surface area contributed by atoms with Gasteiger partial charge in [0.1, 0.15) is 11.5 Å². The van der Waals surface area contributed by atoms with Crippen LogP contribution in [0.1, 0.15) is 16.1 Å². The summed E-state index contributed by atoms with van der Waals surface area (Å²) in [7, 11) is 0. The van der Waals surface area contributed by atoms with Gasteiger partial charge in [-0.05, 0) is 79.0 Å². The van der Waals surface area contributed by atoms with Gasteiger partial charge < -0.3 is 15.1 Å². The van der Waals surface area contributed by atoms with Crippen LogP contribution in [0.5, 0.6) is 0 Å². The highest BCUT2D eigenvalue weighted by Crippen LogP contribution is 2.31. The summed E-state index contributed by atoms with van der Waals surface area (Å²) in [6.07, 6.45) is 2.82. The number of thiocarbonyl (C=S) groups is 1. The van der Waals surface area contributed by atoms with E-state index in [1.165, 1.54) is 12.2 Å². The van der Waals surface area contributed by atoms with Crippen LogP contribution in [0.3, 0.4) is 0 Å². The molecule has 2 amide bonds. The van der Waals surface area contributed by atoms with Crippen molar-refractivity contribution in [2.45, 2.75) is 0 Å². The van der Waals surface area contributed by atoms with Gasteiger partial charge in [0.15, 0.2) is 5.11 Å². The Morgan fingerprint density at radius 3 is 2.33 bits per heavy atom. The lowest BCUT2D eigenvalue weighted by Crippen LogP contribution is -2.32. The number of anilines is 2. The zero-order valence-corrected chi connectivity index (χ0v) is 21.0. The molecule has 180 valence electrons. The Labute approximate surface area is 222 Å². The molecule has 36 heavy (non-hydrogen) atoms. The first-order valence-electron chi connectivity index (χ1n) is 10.7. The maximum Gasteiger partial charge on any atom is 0.255 e. The molecule has 9 heteroatoms. The monoisotopic (exact) mass is 535 g/mol. The topological polar surface area (TPSA) is 83.4 Å². The summed E-state index contributed by atoms with van der Waals surface area (Å²) in [6, 6.07) is 24.5. The Balaban J connectivity index is 1.32. The molecule has 0 aliphatic rings. The normalized spacial score (nSPS) is 10.7. The van der Waals surface area contributed by atoms with E-state index in [9.17, 15) is 9.59 Å². The molecular formula is C27H19Cl2N3O3S. The van der Waals surface area contributed by atoms with Crippen molar-refractivity contribution in [1.29, 1.82) is 0 Å². The fraction of sp³-hybridized carbons (Fsp3) is 0. The SMILES string of the molecule is O=C(/C=C/c1ccc(-c2ccc(Cl)cc2Cl)o1)NC(=S)Nc1cccc(NC(=O)c2ccccc2)c1. The third-order valence-corrected chi connectivity index (χ3v) is 5.63. The lowest BCUT2D eigenvalue weighted by molar-refractivity contribution is -0.115. The van der Waals surface area contributed by atoms with Gasteiger partial charge in [-0.2, -0.15) is 0 Å². The minimum Gasteiger partial charge on any atom is -0.457 e. The number of benzene rings is 3. The molecule has 4 aromatic rings. The first kappa shape index (κ1) is 25.2. The third-order valence-electron chi connectivity index (χ3n) is 4.87. The number of furan rings is 1. The van der Waals surface area contributed by atoms with Gasteiger partial charge in [0.05, 0.1) is 5.02 Å². The van der Waals surface area contributed by atoms with Gasteiger partial charge in [0.25, 0.3) is 5.91 Å². The second-order valence-corrected chi connectivity index (χ2v) is 8.76. The first-order chi connectivity index (χ1) is 17.4. The van der Waals surface area contributed by atoms with Crippen LogP contribution in [0, 0.1) is 0 Å². The molecule has 1 heterocycles. The van der Waals surface area contributed by atoms with E-state index in [0.717, 1.165) is 0 Å². The lowest BCUT2D eigenvalue weighted by atomic mass is 10.2. The highest BCUT2D eigenvalue weighted by molar-refractivity contribution is 7.80. The predicted octanol–water partition coefficient (Wildman–Crippen LogP) is 7.03. The zero-order valence-electron chi connectivity index (χ0n) is 18.6. The molecule has 6 nitrogen and oxygen atoms in total. The second-order valence-electron chi connectivity index (χ2n) is 7.50. The number of nitrogens with one attached hydrogen (secondary N) is 3. The number of amides is 2. The molecule has 3 aromatic carbocycles. The number of hydrogen-bond donors (Lipinski definition) is 3. The Morgan fingerprint density at radius 2 is 1.58 bits per heavy atom. The van der Waals surface area contributed by atoms with Crippen molar-refractivity contribution in [2.24, 2.45) is 0 Å². The Hall–Kier alpha value is -3.91. The number of hydrogen-bond acceptors (Lipinski definition) is 4. The van der Waals surface area contributed by atoms with Crippen LogP contribution in [0.25, 0.3) is 17.4 Å². The largest absolute Gasteiger partial charge is 0.457 e. The van der Waals surface area contributed by atoms with E-state index in [-0.39, 0.29) is 11.0 Å². The molecule has 0 unspecified atom stereocenters. The van der Waals surface area contributed by atoms with E-state index < -0.39 is 5.91 Å². The number of carbonyl (C=O) groups is 2. The molecular weight excluding hydrogens is 517 g/mol. The smallest absolute Gasteiger partial charge is 0.255 e. The molecule has 0 spiro atoms. The Kier molecular flexibility index (Phi) is 8.17. The summed E-state index contributed by atoms with van der Waals surface area (Å²) in [5.41, 5.74) is 2.42. The highest BCUT2D eigenvalue weighted by atomic mass is 35.5. The molecule has 0 saturated heterocycles. The zero-order chi connectivity index (χ0) is 25.5. The van der Waals surface area contributed by atoms with Crippen molar-refractivity contribution < 1.29 is 14.0 Å². The highest BCUT2D eigenvalue weighted by Gasteiger charge is 2.09. The van der Waals surface area contributed by atoms with Gasteiger partial charge in [0.2, 0.25) is 5.91 Å². The minimum absolute atomic E-state index is 0.101. The van der Waals surface area contributed by atoms with E-state index in [2.05, 4.69) is 16.0 Å². The van der Waals surface area contributed by atoms with Crippen molar-refractivity contribution in [3.8, 4) is 11.3 Å². The Bertz CT molecular complexity index is 1450. The second kappa shape index (κ2) is 11.7. The van der Waals surface area contributed by atoms with Gasteiger partial charge in [0, 0.05) is 33.6 Å². The lowest BCUT2D eigenvalue weighted by Gasteiger charge is -2.10. The van der Waals surface area contributed by atoms with Crippen molar-refractivity contribution >= 4 is 69.8 Å².